The van der Waals surface area contributed by atoms with Crippen LogP contribution in [0.2, 0.25) is 0 Å². The third-order valence-corrected chi connectivity index (χ3v) is 4.79. The molecule has 0 bridgehead atoms. The Morgan fingerprint density at radius 1 is 1.28 bits per heavy atom. The summed E-state index contributed by atoms with van der Waals surface area (Å²) in [6.07, 6.45) is 0.595. The van der Waals surface area contributed by atoms with Gasteiger partial charge < -0.3 is 19.8 Å². The molecular weight excluding hydrogens is 397 g/mol. The first kappa shape index (κ1) is 20.5. The third kappa shape index (κ3) is 5.64. The summed E-state index contributed by atoms with van der Waals surface area (Å²) < 4.78 is 24.2. The molecule has 29 heavy (non-hydrogen) atoms. The number of aryl methyl sites for hydroxylation is 1. The van der Waals surface area contributed by atoms with E-state index in [2.05, 4.69) is 15.6 Å². The molecule has 3 aromatic rings. The molecule has 3 rings (SSSR count). The van der Waals surface area contributed by atoms with E-state index in [9.17, 15) is 14.0 Å². The quantitative estimate of drug-likeness (QED) is 0.582. The van der Waals surface area contributed by atoms with Crippen LogP contribution in [0.3, 0.4) is 0 Å². The predicted molar refractivity (Wildman–Crippen MR) is 107 cm³/mol. The van der Waals surface area contributed by atoms with E-state index in [1.54, 1.807) is 29.6 Å². The maximum absolute atomic E-state index is 13.7. The van der Waals surface area contributed by atoms with Crippen molar-refractivity contribution in [3.63, 3.8) is 0 Å². The number of hydrogen-bond acceptors (Lipinski definition) is 6. The van der Waals surface area contributed by atoms with E-state index in [0.29, 0.717) is 40.9 Å². The van der Waals surface area contributed by atoms with Gasteiger partial charge in [-0.3, -0.25) is 9.59 Å². The molecule has 2 amide bonds. The summed E-state index contributed by atoms with van der Waals surface area (Å²) in [7, 11) is 1.40. The van der Waals surface area contributed by atoms with Crippen molar-refractivity contribution in [2.24, 2.45) is 0 Å². The van der Waals surface area contributed by atoms with Crippen molar-refractivity contribution >= 4 is 28.3 Å². The Hall–Kier alpha value is -3.20. The van der Waals surface area contributed by atoms with Gasteiger partial charge in [-0.25, -0.2) is 9.37 Å². The molecule has 0 aliphatic heterocycles. The van der Waals surface area contributed by atoms with E-state index >= 15 is 0 Å². The van der Waals surface area contributed by atoms with Crippen molar-refractivity contribution in [2.45, 2.75) is 26.3 Å². The van der Waals surface area contributed by atoms with Gasteiger partial charge in [0.2, 0.25) is 11.8 Å². The van der Waals surface area contributed by atoms with E-state index in [4.69, 9.17) is 9.15 Å². The van der Waals surface area contributed by atoms with Gasteiger partial charge in [-0.2, -0.15) is 0 Å². The molecule has 0 aliphatic rings. The van der Waals surface area contributed by atoms with Gasteiger partial charge in [0.25, 0.3) is 0 Å². The zero-order valence-electron chi connectivity index (χ0n) is 16.0. The lowest BCUT2D eigenvalue weighted by molar-refractivity contribution is -0.119. The minimum Gasteiger partial charge on any atom is -0.494 e. The fourth-order valence-corrected chi connectivity index (χ4v) is 3.29. The molecule has 0 radical (unpaired) electrons. The van der Waals surface area contributed by atoms with E-state index < -0.39 is 5.82 Å². The number of rotatable bonds is 8. The van der Waals surface area contributed by atoms with Crippen molar-refractivity contribution in [3.8, 4) is 17.2 Å². The molecule has 0 spiro atoms. The molecule has 1 aromatic carbocycles. The average Bonchev–Trinajstić information content (AvgIpc) is 3.34. The number of methoxy groups -OCH3 is 1. The highest BCUT2D eigenvalue weighted by atomic mass is 32.1. The van der Waals surface area contributed by atoms with Gasteiger partial charge >= 0.3 is 0 Å². The molecule has 0 aliphatic carbocycles. The summed E-state index contributed by atoms with van der Waals surface area (Å²) in [5.74, 6) is 0.529. The van der Waals surface area contributed by atoms with Crippen LogP contribution in [0.1, 0.15) is 24.7 Å². The summed E-state index contributed by atoms with van der Waals surface area (Å²) in [5, 5.41) is 7.62. The standard InChI is InChI=1S/C20H20FN3O4S/c1-12(25)22-10-14-5-7-18(28-14)16-11-29-20(23-16)24-19(26)8-4-13-3-6-17(27-2)15(21)9-13/h3,5-7,9,11H,4,8,10H2,1-2H3,(H,22,25)(H,23,24,26). The molecule has 0 saturated heterocycles. The summed E-state index contributed by atoms with van der Waals surface area (Å²) in [4.78, 5) is 27.5. The lowest BCUT2D eigenvalue weighted by Crippen LogP contribution is -2.18. The second-order valence-electron chi connectivity index (χ2n) is 6.23. The molecule has 2 N–H and O–H groups in total. The minimum absolute atomic E-state index is 0.140. The Morgan fingerprint density at radius 3 is 2.83 bits per heavy atom. The van der Waals surface area contributed by atoms with E-state index in [1.807, 2.05) is 0 Å². The molecule has 9 heteroatoms. The summed E-state index contributed by atoms with van der Waals surface area (Å²) in [6.45, 7) is 1.74. The number of ether oxygens (including phenoxy) is 1. The number of nitrogens with zero attached hydrogens (tertiary/aromatic N) is 1. The summed E-state index contributed by atoms with van der Waals surface area (Å²) in [5.41, 5.74) is 1.30. The molecule has 152 valence electrons. The number of furan rings is 1. The van der Waals surface area contributed by atoms with Gasteiger partial charge in [-0.15, -0.1) is 11.3 Å². The zero-order valence-corrected chi connectivity index (χ0v) is 16.8. The van der Waals surface area contributed by atoms with Crippen LogP contribution >= 0.6 is 11.3 Å². The van der Waals surface area contributed by atoms with Crippen LogP contribution in [0.4, 0.5) is 9.52 Å². The summed E-state index contributed by atoms with van der Waals surface area (Å²) in [6, 6.07) is 8.15. The molecular formula is C20H20FN3O4S. The number of carbonyl (C=O) groups is 2. The van der Waals surface area contributed by atoms with Gasteiger partial charge in [0.1, 0.15) is 11.5 Å². The molecule has 0 unspecified atom stereocenters. The Labute approximate surface area is 170 Å². The normalized spacial score (nSPS) is 10.6. The van der Waals surface area contributed by atoms with E-state index in [1.165, 1.54) is 31.4 Å². The Kier molecular flexibility index (Phi) is 6.61. The highest BCUT2D eigenvalue weighted by Crippen LogP contribution is 2.27. The van der Waals surface area contributed by atoms with Crippen LogP contribution in [-0.2, 0) is 22.6 Å². The number of thiazole rings is 1. The van der Waals surface area contributed by atoms with Crippen molar-refractivity contribution in [1.82, 2.24) is 10.3 Å². The second-order valence-corrected chi connectivity index (χ2v) is 7.09. The first-order chi connectivity index (χ1) is 13.9. The number of halogens is 1. The van der Waals surface area contributed by atoms with Gasteiger partial charge in [0.15, 0.2) is 22.5 Å². The third-order valence-electron chi connectivity index (χ3n) is 4.03. The molecule has 0 fully saturated rings. The fraction of sp³-hybridized carbons (Fsp3) is 0.250. The number of aromatic nitrogens is 1. The van der Waals surface area contributed by atoms with Gasteiger partial charge in [-0.1, -0.05) is 6.07 Å². The zero-order chi connectivity index (χ0) is 20.8. The molecule has 2 aromatic heterocycles. The van der Waals surface area contributed by atoms with E-state index in [0.717, 1.165) is 0 Å². The molecule has 7 nitrogen and oxygen atoms in total. The smallest absolute Gasteiger partial charge is 0.226 e. The number of benzene rings is 1. The van der Waals surface area contributed by atoms with Crippen molar-refractivity contribution in [1.29, 1.82) is 0 Å². The van der Waals surface area contributed by atoms with Gasteiger partial charge in [0, 0.05) is 18.7 Å². The summed E-state index contributed by atoms with van der Waals surface area (Å²) >= 11 is 1.28. The lowest BCUT2D eigenvalue weighted by atomic mass is 10.1. The van der Waals surface area contributed by atoms with Crippen LogP contribution in [0, 0.1) is 5.82 Å². The second kappa shape index (κ2) is 9.33. The molecule has 0 atom stereocenters. The van der Waals surface area contributed by atoms with Crippen molar-refractivity contribution in [2.75, 3.05) is 12.4 Å². The Balaban J connectivity index is 1.53. The SMILES string of the molecule is COc1ccc(CCC(=O)Nc2nc(-c3ccc(CNC(C)=O)o3)cs2)cc1F. The van der Waals surface area contributed by atoms with Gasteiger partial charge in [-0.05, 0) is 36.2 Å². The Bertz CT molecular complexity index is 1010. The number of hydrogen-bond donors (Lipinski definition) is 2. The fourth-order valence-electron chi connectivity index (χ4n) is 2.57. The monoisotopic (exact) mass is 417 g/mol. The molecule has 0 saturated carbocycles. The van der Waals surface area contributed by atoms with Crippen LogP contribution in [0.5, 0.6) is 5.75 Å². The van der Waals surface area contributed by atoms with Crippen LogP contribution in [0.15, 0.2) is 40.1 Å². The lowest BCUT2D eigenvalue weighted by Gasteiger charge is -2.05. The van der Waals surface area contributed by atoms with E-state index in [-0.39, 0.29) is 24.0 Å². The van der Waals surface area contributed by atoms with Gasteiger partial charge in [0.05, 0.1) is 13.7 Å². The van der Waals surface area contributed by atoms with Crippen LogP contribution < -0.4 is 15.4 Å². The minimum atomic E-state index is -0.453. The number of carbonyl (C=O) groups excluding carboxylic acids is 2. The Morgan fingerprint density at radius 2 is 2.10 bits per heavy atom. The highest BCUT2D eigenvalue weighted by molar-refractivity contribution is 7.14. The highest BCUT2D eigenvalue weighted by Gasteiger charge is 2.12. The van der Waals surface area contributed by atoms with Crippen LogP contribution in [0.25, 0.3) is 11.5 Å². The first-order valence-corrected chi connectivity index (χ1v) is 9.74. The number of anilines is 1. The van der Waals surface area contributed by atoms with Crippen molar-refractivity contribution in [3.05, 3.63) is 52.9 Å². The van der Waals surface area contributed by atoms with Crippen molar-refractivity contribution < 1.29 is 23.1 Å². The largest absolute Gasteiger partial charge is 0.494 e. The number of amides is 2. The first-order valence-electron chi connectivity index (χ1n) is 8.86. The topological polar surface area (TPSA) is 93.5 Å². The maximum Gasteiger partial charge on any atom is 0.226 e. The maximum atomic E-state index is 13.7. The number of nitrogens with one attached hydrogen (secondary N) is 2. The molecule has 2 heterocycles. The van der Waals surface area contributed by atoms with Crippen LogP contribution in [-0.4, -0.2) is 23.9 Å². The average molecular weight is 417 g/mol. The predicted octanol–water partition coefficient (Wildman–Crippen LogP) is 3.76.